The van der Waals surface area contributed by atoms with E-state index in [2.05, 4.69) is 0 Å². The second-order valence-corrected chi connectivity index (χ2v) is 6.54. The minimum Gasteiger partial charge on any atom is -0.444 e. The molecular formula is C16H23FN2O2. The van der Waals surface area contributed by atoms with E-state index in [1.807, 2.05) is 20.8 Å². The molecule has 0 bridgehead atoms. The van der Waals surface area contributed by atoms with Crippen molar-refractivity contribution in [3.63, 3.8) is 0 Å². The molecule has 1 unspecified atom stereocenters. The van der Waals surface area contributed by atoms with E-state index < -0.39 is 5.60 Å². The quantitative estimate of drug-likeness (QED) is 0.866. The van der Waals surface area contributed by atoms with Gasteiger partial charge in [0.05, 0.1) is 0 Å². The standard InChI is InChI=1S/C16H23FN2O2/c1-16(2,3)21-15(20)19-9-8-14(18)13(10-19)11-4-6-12(17)7-5-11/h4-7,13-14H,8-10,18H2,1-3H3/t13?,14-/m0/s1. The van der Waals surface area contributed by atoms with Crippen LogP contribution in [0.5, 0.6) is 0 Å². The van der Waals surface area contributed by atoms with E-state index in [0.717, 1.165) is 5.56 Å². The molecule has 4 nitrogen and oxygen atoms in total. The van der Waals surface area contributed by atoms with Crippen LogP contribution in [0.2, 0.25) is 0 Å². The summed E-state index contributed by atoms with van der Waals surface area (Å²) in [7, 11) is 0. The van der Waals surface area contributed by atoms with E-state index in [1.54, 1.807) is 17.0 Å². The number of rotatable bonds is 1. The molecule has 1 fully saturated rings. The zero-order chi connectivity index (χ0) is 15.6. The zero-order valence-electron chi connectivity index (χ0n) is 12.8. The van der Waals surface area contributed by atoms with Gasteiger partial charge in [-0.2, -0.15) is 0 Å². The van der Waals surface area contributed by atoms with E-state index in [4.69, 9.17) is 10.5 Å². The van der Waals surface area contributed by atoms with Crippen molar-refractivity contribution >= 4 is 6.09 Å². The van der Waals surface area contributed by atoms with Gasteiger partial charge in [0.2, 0.25) is 0 Å². The van der Waals surface area contributed by atoms with Gasteiger partial charge in [-0.05, 0) is 44.9 Å². The van der Waals surface area contributed by atoms with Crippen LogP contribution in [0.25, 0.3) is 0 Å². The Morgan fingerprint density at radius 2 is 1.95 bits per heavy atom. The summed E-state index contributed by atoms with van der Waals surface area (Å²) < 4.78 is 18.4. The lowest BCUT2D eigenvalue weighted by molar-refractivity contribution is 0.0186. The van der Waals surface area contributed by atoms with Crippen molar-refractivity contribution in [1.82, 2.24) is 4.90 Å². The number of carbonyl (C=O) groups excluding carboxylic acids is 1. The van der Waals surface area contributed by atoms with Crippen molar-refractivity contribution in [3.05, 3.63) is 35.6 Å². The molecule has 5 heteroatoms. The number of carbonyl (C=O) groups is 1. The number of halogens is 1. The summed E-state index contributed by atoms with van der Waals surface area (Å²) >= 11 is 0. The lowest BCUT2D eigenvalue weighted by Crippen LogP contribution is -2.49. The van der Waals surface area contributed by atoms with Crippen molar-refractivity contribution in [3.8, 4) is 0 Å². The SMILES string of the molecule is CC(C)(C)OC(=O)N1CC[C@H](N)C(c2ccc(F)cc2)C1. The maximum Gasteiger partial charge on any atom is 0.410 e. The zero-order valence-corrected chi connectivity index (χ0v) is 12.8. The van der Waals surface area contributed by atoms with Crippen molar-refractivity contribution in [1.29, 1.82) is 0 Å². The van der Waals surface area contributed by atoms with Gasteiger partial charge >= 0.3 is 6.09 Å². The van der Waals surface area contributed by atoms with Gasteiger partial charge in [0.15, 0.2) is 0 Å². The Hall–Kier alpha value is -1.62. The highest BCUT2D eigenvalue weighted by molar-refractivity contribution is 5.68. The highest BCUT2D eigenvalue weighted by atomic mass is 19.1. The van der Waals surface area contributed by atoms with E-state index in [9.17, 15) is 9.18 Å². The summed E-state index contributed by atoms with van der Waals surface area (Å²) in [5.74, 6) is -0.265. The average molecular weight is 294 g/mol. The van der Waals surface area contributed by atoms with E-state index in [1.165, 1.54) is 12.1 Å². The van der Waals surface area contributed by atoms with Gasteiger partial charge in [0.25, 0.3) is 0 Å². The third-order valence-corrected chi connectivity index (χ3v) is 3.62. The fourth-order valence-electron chi connectivity index (χ4n) is 2.53. The highest BCUT2D eigenvalue weighted by Gasteiger charge is 2.32. The summed E-state index contributed by atoms with van der Waals surface area (Å²) in [4.78, 5) is 13.8. The third-order valence-electron chi connectivity index (χ3n) is 3.62. The predicted octanol–water partition coefficient (Wildman–Crippen LogP) is 2.88. The van der Waals surface area contributed by atoms with Crippen LogP contribution in [0.3, 0.4) is 0 Å². The fourth-order valence-corrected chi connectivity index (χ4v) is 2.53. The Morgan fingerprint density at radius 3 is 2.52 bits per heavy atom. The molecule has 1 aliphatic heterocycles. The Morgan fingerprint density at radius 1 is 1.33 bits per heavy atom. The number of benzene rings is 1. The molecule has 1 aliphatic rings. The molecule has 2 atom stereocenters. The van der Waals surface area contributed by atoms with Crippen LogP contribution >= 0.6 is 0 Å². The van der Waals surface area contributed by atoms with Crippen molar-refractivity contribution in [2.75, 3.05) is 13.1 Å². The first-order valence-corrected chi connectivity index (χ1v) is 7.25. The smallest absolute Gasteiger partial charge is 0.410 e. The maximum atomic E-state index is 13.0. The van der Waals surface area contributed by atoms with E-state index >= 15 is 0 Å². The third kappa shape index (κ3) is 4.17. The Labute approximate surface area is 125 Å². The lowest BCUT2D eigenvalue weighted by Gasteiger charge is -2.37. The molecule has 1 aromatic rings. The Balaban J connectivity index is 2.09. The van der Waals surface area contributed by atoms with Crippen molar-refractivity contribution in [2.24, 2.45) is 5.73 Å². The number of nitrogens with two attached hydrogens (primary N) is 1. The molecular weight excluding hydrogens is 271 g/mol. The number of amides is 1. The average Bonchev–Trinajstić information content (AvgIpc) is 2.38. The van der Waals surface area contributed by atoms with E-state index in [-0.39, 0.29) is 23.9 Å². The van der Waals surface area contributed by atoms with Gasteiger partial charge in [0.1, 0.15) is 11.4 Å². The van der Waals surface area contributed by atoms with Gasteiger partial charge in [-0.15, -0.1) is 0 Å². The summed E-state index contributed by atoms with van der Waals surface area (Å²) in [6, 6.07) is 6.29. The van der Waals surface area contributed by atoms with Gasteiger partial charge in [0, 0.05) is 25.0 Å². The van der Waals surface area contributed by atoms with Gasteiger partial charge in [-0.25, -0.2) is 9.18 Å². The second-order valence-electron chi connectivity index (χ2n) is 6.54. The number of hydrogen-bond donors (Lipinski definition) is 1. The van der Waals surface area contributed by atoms with Crippen LogP contribution in [-0.2, 0) is 4.74 Å². The minimum absolute atomic E-state index is 0.00636. The Bertz CT molecular complexity index is 496. The van der Waals surface area contributed by atoms with Crippen LogP contribution < -0.4 is 5.73 Å². The number of nitrogens with zero attached hydrogens (tertiary/aromatic N) is 1. The number of hydrogen-bond acceptors (Lipinski definition) is 3. The second kappa shape index (κ2) is 6.02. The first-order valence-electron chi connectivity index (χ1n) is 7.25. The van der Waals surface area contributed by atoms with Crippen LogP contribution in [0.1, 0.15) is 38.7 Å². The maximum absolute atomic E-state index is 13.0. The number of ether oxygens (including phenoxy) is 1. The Kier molecular flexibility index (Phi) is 4.52. The fraction of sp³-hybridized carbons (Fsp3) is 0.562. The van der Waals surface area contributed by atoms with Gasteiger partial charge in [-0.3, -0.25) is 0 Å². The highest BCUT2D eigenvalue weighted by Crippen LogP contribution is 2.27. The molecule has 2 rings (SSSR count). The van der Waals surface area contributed by atoms with E-state index in [0.29, 0.717) is 19.5 Å². The topological polar surface area (TPSA) is 55.6 Å². The molecule has 0 radical (unpaired) electrons. The van der Waals surface area contributed by atoms with Gasteiger partial charge < -0.3 is 15.4 Å². The lowest BCUT2D eigenvalue weighted by atomic mass is 9.87. The molecule has 1 heterocycles. The summed E-state index contributed by atoms with van der Waals surface area (Å²) in [6.07, 6.45) is 0.392. The summed E-state index contributed by atoms with van der Waals surface area (Å²) in [6.45, 7) is 6.63. The molecule has 0 spiro atoms. The monoisotopic (exact) mass is 294 g/mol. The first-order chi connectivity index (χ1) is 9.76. The van der Waals surface area contributed by atoms with Crippen LogP contribution in [0, 0.1) is 5.82 Å². The van der Waals surface area contributed by atoms with Crippen LogP contribution in [0.15, 0.2) is 24.3 Å². The molecule has 0 aromatic heterocycles. The predicted molar refractivity (Wildman–Crippen MR) is 79.5 cm³/mol. The molecule has 0 aliphatic carbocycles. The molecule has 1 amide bonds. The number of piperidine rings is 1. The largest absolute Gasteiger partial charge is 0.444 e. The molecule has 0 saturated carbocycles. The van der Waals surface area contributed by atoms with Crippen LogP contribution in [-0.4, -0.2) is 35.7 Å². The minimum atomic E-state index is -0.512. The molecule has 1 saturated heterocycles. The van der Waals surface area contributed by atoms with Gasteiger partial charge in [-0.1, -0.05) is 12.1 Å². The first kappa shape index (κ1) is 15.8. The molecule has 116 valence electrons. The summed E-state index contributed by atoms with van der Waals surface area (Å²) in [5.41, 5.74) is 6.61. The van der Waals surface area contributed by atoms with Crippen molar-refractivity contribution < 1.29 is 13.9 Å². The normalized spacial score (nSPS) is 23.0. The number of likely N-dealkylation sites (tertiary alicyclic amines) is 1. The molecule has 2 N–H and O–H groups in total. The van der Waals surface area contributed by atoms with Crippen LogP contribution in [0.4, 0.5) is 9.18 Å². The summed E-state index contributed by atoms with van der Waals surface area (Å²) in [5, 5.41) is 0. The van der Waals surface area contributed by atoms with Crippen molar-refractivity contribution in [2.45, 2.75) is 44.8 Å². The molecule has 21 heavy (non-hydrogen) atoms. The molecule has 1 aromatic carbocycles.